The molecule has 150 valence electrons. The number of para-hydroxylation sites is 1. The van der Waals surface area contributed by atoms with Crippen LogP contribution in [0.5, 0.6) is 17.2 Å². The number of hydrogen-bond donors (Lipinski definition) is 2. The summed E-state index contributed by atoms with van der Waals surface area (Å²) >= 11 is 0. The summed E-state index contributed by atoms with van der Waals surface area (Å²) in [5.74, 6) is 3.42. The van der Waals surface area contributed by atoms with E-state index in [9.17, 15) is 0 Å². The summed E-state index contributed by atoms with van der Waals surface area (Å²) in [6.45, 7) is 0.584. The first kappa shape index (κ1) is 19.2. The fraction of sp³-hybridized carbons (Fsp3) is 0.0870. The van der Waals surface area contributed by atoms with Crippen molar-refractivity contribution in [3.63, 3.8) is 0 Å². The summed E-state index contributed by atoms with van der Waals surface area (Å²) in [5, 5.41) is 14.4. The smallest absolute Gasteiger partial charge is 0.244 e. The fourth-order valence-corrected chi connectivity index (χ4v) is 2.74. The Morgan fingerprint density at radius 2 is 1.50 bits per heavy atom. The topological polar surface area (TPSA) is 81.2 Å². The summed E-state index contributed by atoms with van der Waals surface area (Å²) in [6, 6.07) is 25.1. The van der Waals surface area contributed by atoms with Gasteiger partial charge in [-0.25, -0.2) is 0 Å². The molecule has 2 N–H and O–H groups in total. The fourth-order valence-electron chi connectivity index (χ4n) is 2.74. The van der Waals surface area contributed by atoms with Gasteiger partial charge in [0.2, 0.25) is 5.95 Å². The summed E-state index contributed by atoms with van der Waals surface area (Å²) in [5.41, 5.74) is 1.96. The van der Waals surface area contributed by atoms with Crippen LogP contribution in [-0.2, 0) is 6.54 Å². The summed E-state index contributed by atoms with van der Waals surface area (Å²) in [4.78, 5) is 4.46. The first-order valence-corrected chi connectivity index (χ1v) is 9.45. The molecular formula is C23H21N5O2. The van der Waals surface area contributed by atoms with E-state index in [4.69, 9.17) is 9.47 Å². The Kier molecular flexibility index (Phi) is 6.00. The molecule has 0 saturated heterocycles. The van der Waals surface area contributed by atoms with E-state index in [0.29, 0.717) is 18.3 Å². The van der Waals surface area contributed by atoms with Gasteiger partial charge in [-0.1, -0.05) is 30.3 Å². The van der Waals surface area contributed by atoms with E-state index in [2.05, 4.69) is 25.8 Å². The predicted octanol–water partition coefficient (Wildman–Crippen LogP) is 5.03. The lowest BCUT2D eigenvalue weighted by Crippen LogP contribution is -2.06. The first-order valence-electron chi connectivity index (χ1n) is 9.45. The van der Waals surface area contributed by atoms with E-state index in [1.54, 1.807) is 13.3 Å². The van der Waals surface area contributed by atoms with E-state index in [1.807, 2.05) is 78.9 Å². The second-order valence-corrected chi connectivity index (χ2v) is 6.43. The summed E-state index contributed by atoms with van der Waals surface area (Å²) in [7, 11) is 1.65. The van der Waals surface area contributed by atoms with Crippen molar-refractivity contribution in [2.45, 2.75) is 6.54 Å². The molecule has 0 spiro atoms. The van der Waals surface area contributed by atoms with Gasteiger partial charge in [0.25, 0.3) is 0 Å². The highest BCUT2D eigenvalue weighted by atomic mass is 16.5. The lowest BCUT2D eigenvalue weighted by atomic mass is 10.2. The van der Waals surface area contributed by atoms with Crippen molar-refractivity contribution in [3.05, 3.63) is 90.6 Å². The van der Waals surface area contributed by atoms with Crippen LogP contribution < -0.4 is 20.1 Å². The van der Waals surface area contributed by atoms with Crippen LogP contribution >= 0.6 is 0 Å². The molecule has 0 fully saturated rings. The molecule has 0 atom stereocenters. The third-order valence-electron chi connectivity index (χ3n) is 4.27. The Bertz CT molecular complexity index is 1070. The van der Waals surface area contributed by atoms with Crippen LogP contribution in [0.15, 0.2) is 85.1 Å². The molecule has 0 bridgehead atoms. The molecule has 1 heterocycles. The van der Waals surface area contributed by atoms with Gasteiger partial charge < -0.3 is 20.1 Å². The van der Waals surface area contributed by atoms with Crippen LogP contribution in [0.3, 0.4) is 0 Å². The molecule has 7 nitrogen and oxygen atoms in total. The third kappa shape index (κ3) is 5.23. The molecule has 0 saturated carbocycles. The molecule has 0 aliphatic carbocycles. The van der Waals surface area contributed by atoms with Gasteiger partial charge >= 0.3 is 0 Å². The molecule has 0 radical (unpaired) electrons. The average molecular weight is 399 g/mol. The Morgan fingerprint density at radius 1 is 0.800 bits per heavy atom. The second-order valence-electron chi connectivity index (χ2n) is 6.43. The van der Waals surface area contributed by atoms with Crippen molar-refractivity contribution in [3.8, 4) is 17.2 Å². The highest BCUT2D eigenvalue weighted by molar-refractivity contribution is 5.57. The lowest BCUT2D eigenvalue weighted by Gasteiger charge is -2.09. The van der Waals surface area contributed by atoms with Crippen LogP contribution in [0.4, 0.5) is 17.5 Å². The Labute approximate surface area is 174 Å². The van der Waals surface area contributed by atoms with Gasteiger partial charge in [-0.2, -0.15) is 10.1 Å². The van der Waals surface area contributed by atoms with Crippen molar-refractivity contribution in [2.75, 3.05) is 17.7 Å². The summed E-state index contributed by atoms with van der Waals surface area (Å²) in [6.07, 6.45) is 1.58. The molecule has 1 aromatic heterocycles. The van der Waals surface area contributed by atoms with E-state index in [1.165, 1.54) is 0 Å². The molecule has 0 unspecified atom stereocenters. The van der Waals surface area contributed by atoms with Crippen LogP contribution in [0.25, 0.3) is 0 Å². The second kappa shape index (κ2) is 9.38. The number of methoxy groups -OCH3 is 1. The number of aromatic nitrogens is 3. The molecule has 0 amide bonds. The van der Waals surface area contributed by atoms with Crippen LogP contribution in [-0.4, -0.2) is 22.3 Å². The van der Waals surface area contributed by atoms with Crippen molar-refractivity contribution in [1.82, 2.24) is 15.2 Å². The van der Waals surface area contributed by atoms with Crippen LogP contribution in [0.2, 0.25) is 0 Å². The zero-order chi connectivity index (χ0) is 20.6. The molecule has 0 aliphatic rings. The maximum Gasteiger partial charge on any atom is 0.244 e. The number of nitrogens with one attached hydrogen (secondary N) is 2. The van der Waals surface area contributed by atoms with Crippen molar-refractivity contribution >= 4 is 17.5 Å². The number of nitrogens with zero attached hydrogens (tertiary/aromatic N) is 3. The molecule has 4 rings (SSSR count). The number of rotatable bonds is 8. The monoisotopic (exact) mass is 399 g/mol. The van der Waals surface area contributed by atoms with E-state index >= 15 is 0 Å². The molecule has 30 heavy (non-hydrogen) atoms. The third-order valence-corrected chi connectivity index (χ3v) is 4.27. The normalized spacial score (nSPS) is 10.3. The maximum absolute atomic E-state index is 5.81. The molecule has 7 heteroatoms. The van der Waals surface area contributed by atoms with E-state index in [0.717, 1.165) is 28.5 Å². The molecule has 3 aromatic carbocycles. The SMILES string of the molecule is COc1ccc(CNc2nncc(Nc3ccc(Oc4ccccc4)cc3)n2)cc1. The average Bonchev–Trinajstić information content (AvgIpc) is 2.80. The highest BCUT2D eigenvalue weighted by Crippen LogP contribution is 2.24. The van der Waals surface area contributed by atoms with Crippen molar-refractivity contribution in [2.24, 2.45) is 0 Å². The zero-order valence-electron chi connectivity index (χ0n) is 16.4. The quantitative estimate of drug-likeness (QED) is 0.430. The van der Waals surface area contributed by atoms with Crippen LogP contribution in [0.1, 0.15) is 5.56 Å². The zero-order valence-corrected chi connectivity index (χ0v) is 16.4. The van der Waals surface area contributed by atoms with Gasteiger partial charge in [0, 0.05) is 12.2 Å². The van der Waals surface area contributed by atoms with Crippen molar-refractivity contribution in [1.29, 1.82) is 0 Å². The predicted molar refractivity (Wildman–Crippen MR) is 116 cm³/mol. The maximum atomic E-state index is 5.81. The van der Waals surface area contributed by atoms with Gasteiger partial charge in [0.05, 0.1) is 13.3 Å². The number of anilines is 3. The van der Waals surface area contributed by atoms with Crippen LogP contribution in [0, 0.1) is 0 Å². The summed E-state index contributed by atoms with van der Waals surface area (Å²) < 4.78 is 11.0. The first-order chi connectivity index (χ1) is 14.8. The van der Waals surface area contributed by atoms with Gasteiger partial charge in [-0.3, -0.25) is 0 Å². The van der Waals surface area contributed by atoms with E-state index in [-0.39, 0.29) is 0 Å². The lowest BCUT2D eigenvalue weighted by molar-refractivity contribution is 0.414. The number of benzene rings is 3. The molecular weight excluding hydrogens is 378 g/mol. The molecule has 4 aromatic rings. The van der Waals surface area contributed by atoms with E-state index < -0.39 is 0 Å². The van der Waals surface area contributed by atoms with Crippen molar-refractivity contribution < 1.29 is 9.47 Å². The Hall–Kier alpha value is -4.13. The minimum atomic E-state index is 0.444. The van der Waals surface area contributed by atoms with Gasteiger partial charge in [-0.15, -0.1) is 5.10 Å². The molecule has 0 aliphatic heterocycles. The number of hydrogen-bond acceptors (Lipinski definition) is 7. The van der Waals surface area contributed by atoms with Gasteiger partial charge in [-0.05, 0) is 54.1 Å². The van der Waals surface area contributed by atoms with Gasteiger partial charge in [0.1, 0.15) is 17.2 Å². The standard InChI is InChI=1S/C23H21N5O2/c1-29-19-11-7-17(8-12-19)15-24-23-27-22(16-25-28-23)26-18-9-13-21(14-10-18)30-20-5-3-2-4-6-20/h2-14,16H,15H2,1H3,(H2,24,26,27,28). The highest BCUT2D eigenvalue weighted by Gasteiger charge is 2.03. The van der Waals surface area contributed by atoms with Gasteiger partial charge in [0.15, 0.2) is 5.82 Å². The minimum absolute atomic E-state index is 0.444. The number of ether oxygens (including phenoxy) is 2. The Morgan fingerprint density at radius 3 is 2.23 bits per heavy atom. The Balaban J connectivity index is 1.35. The minimum Gasteiger partial charge on any atom is -0.497 e. The largest absolute Gasteiger partial charge is 0.497 e.